The minimum atomic E-state index is -0.0243. The van der Waals surface area contributed by atoms with E-state index in [4.69, 9.17) is 10.5 Å². The molecule has 4 atom stereocenters. The van der Waals surface area contributed by atoms with Crippen molar-refractivity contribution in [3.05, 3.63) is 18.2 Å². The molecule has 2 fully saturated rings. The lowest BCUT2D eigenvalue weighted by molar-refractivity contribution is -0.121. The van der Waals surface area contributed by atoms with Crippen molar-refractivity contribution >= 4 is 42.1 Å². The first-order valence-corrected chi connectivity index (χ1v) is 8.18. The lowest BCUT2D eigenvalue weighted by Crippen LogP contribution is -2.42. The number of anilines is 2. The van der Waals surface area contributed by atoms with Crippen LogP contribution in [-0.4, -0.2) is 32.1 Å². The highest BCUT2D eigenvalue weighted by Crippen LogP contribution is 2.48. The Labute approximate surface area is 155 Å². The van der Waals surface area contributed by atoms with E-state index in [1.165, 1.54) is 6.42 Å². The third kappa shape index (κ3) is 3.17. The molecule has 1 aliphatic heterocycles. The van der Waals surface area contributed by atoms with E-state index in [1.807, 2.05) is 25.2 Å². The number of hydrogen-bond acceptors (Lipinski definition) is 4. The third-order valence-corrected chi connectivity index (χ3v) is 5.61. The van der Waals surface area contributed by atoms with Crippen molar-refractivity contribution in [1.82, 2.24) is 0 Å². The summed E-state index contributed by atoms with van der Waals surface area (Å²) in [4.78, 5) is 14.8. The number of carbonyl (C=O) groups excluding carboxylic acids is 1. The van der Waals surface area contributed by atoms with Gasteiger partial charge in [0.2, 0.25) is 5.91 Å². The van der Waals surface area contributed by atoms with Crippen LogP contribution in [0.25, 0.3) is 0 Å². The number of nitrogens with zero attached hydrogens (tertiary/aromatic N) is 1. The molecule has 1 heterocycles. The van der Waals surface area contributed by atoms with E-state index in [0.717, 1.165) is 36.5 Å². The highest BCUT2D eigenvalue weighted by molar-refractivity contribution is 5.94. The fraction of sp³-hybridized carbons (Fsp3) is 0.588. The van der Waals surface area contributed by atoms with Crippen LogP contribution in [0.4, 0.5) is 11.4 Å². The fourth-order valence-electron chi connectivity index (χ4n) is 4.38. The topological polar surface area (TPSA) is 67.6 Å². The molecule has 0 saturated heterocycles. The fourth-order valence-corrected chi connectivity index (χ4v) is 4.38. The van der Waals surface area contributed by atoms with Crippen molar-refractivity contribution in [3.63, 3.8) is 0 Å². The van der Waals surface area contributed by atoms with Gasteiger partial charge in [0.1, 0.15) is 12.4 Å². The predicted octanol–water partition coefficient (Wildman–Crippen LogP) is 2.67. The van der Waals surface area contributed by atoms with Crippen LogP contribution >= 0.6 is 24.8 Å². The van der Waals surface area contributed by atoms with Gasteiger partial charge >= 0.3 is 0 Å². The molecule has 2 saturated carbocycles. The van der Waals surface area contributed by atoms with E-state index in [9.17, 15) is 4.79 Å². The number of rotatable bonds is 2. The van der Waals surface area contributed by atoms with Crippen LogP contribution in [0.1, 0.15) is 19.3 Å². The van der Waals surface area contributed by atoms with E-state index in [-0.39, 0.29) is 42.7 Å². The number of fused-ring (bicyclic) bond motifs is 3. The molecule has 4 rings (SSSR count). The summed E-state index contributed by atoms with van der Waals surface area (Å²) in [7, 11) is 2.04. The molecule has 1 aromatic rings. The van der Waals surface area contributed by atoms with Gasteiger partial charge in [0, 0.05) is 18.8 Å². The first-order valence-electron chi connectivity index (χ1n) is 8.18. The van der Waals surface area contributed by atoms with Crippen LogP contribution in [-0.2, 0) is 4.79 Å². The molecule has 0 radical (unpaired) electrons. The van der Waals surface area contributed by atoms with Gasteiger partial charge in [-0.3, -0.25) is 4.79 Å². The smallest absolute Gasteiger partial charge is 0.229 e. The highest BCUT2D eigenvalue weighted by Gasteiger charge is 2.49. The Morgan fingerprint density at radius 3 is 2.75 bits per heavy atom. The first-order chi connectivity index (χ1) is 10.6. The van der Waals surface area contributed by atoms with Gasteiger partial charge in [0.15, 0.2) is 0 Å². The summed E-state index contributed by atoms with van der Waals surface area (Å²) in [6.45, 7) is 1.57. The number of benzene rings is 1. The third-order valence-electron chi connectivity index (χ3n) is 5.61. The second kappa shape index (κ2) is 7.38. The molecule has 2 bridgehead atoms. The average Bonchev–Trinajstić information content (AvgIpc) is 3.09. The Morgan fingerprint density at radius 1 is 1.29 bits per heavy atom. The van der Waals surface area contributed by atoms with Crippen molar-refractivity contribution in [3.8, 4) is 5.75 Å². The number of carbonyl (C=O) groups is 1. The lowest BCUT2D eigenvalue weighted by Gasteiger charge is -2.29. The summed E-state index contributed by atoms with van der Waals surface area (Å²) in [6.07, 6.45) is 3.47. The largest absolute Gasteiger partial charge is 0.490 e. The van der Waals surface area contributed by atoms with Crippen molar-refractivity contribution < 1.29 is 9.53 Å². The summed E-state index contributed by atoms with van der Waals surface area (Å²) >= 11 is 0. The SMILES string of the molecule is CN1CCOc2ccc(NC(=O)C3C4CCC(C4)C3N)cc21.Cl.Cl. The minimum Gasteiger partial charge on any atom is -0.490 e. The Hall–Kier alpha value is -1.17. The van der Waals surface area contributed by atoms with E-state index in [0.29, 0.717) is 18.4 Å². The molecule has 4 unspecified atom stereocenters. The van der Waals surface area contributed by atoms with Gasteiger partial charge in [-0.25, -0.2) is 0 Å². The summed E-state index contributed by atoms with van der Waals surface area (Å²) < 4.78 is 5.64. The monoisotopic (exact) mass is 373 g/mol. The molecule has 3 N–H and O–H groups in total. The molecule has 7 heteroatoms. The van der Waals surface area contributed by atoms with Crippen LogP contribution in [0, 0.1) is 17.8 Å². The summed E-state index contributed by atoms with van der Waals surface area (Å²) in [6, 6.07) is 5.86. The maximum Gasteiger partial charge on any atom is 0.229 e. The number of halogens is 2. The summed E-state index contributed by atoms with van der Waals surface area (Å²) in [5, 5.41) is 3.07. The standard InChI is InChI=1S/C17H23N3O2.2ClH/c1-20-6-7-22-14-5-4-12(9-13(14)20)19-17(21)15-10-2-3-11(8-10)16(15)18;;/h4-5,9-11,15-16H,2-3,6-8,18H2,1H3,(H,19,21);2*1H. The zero-order valence-corrected chi connectivity index (χ0v) is 15.4. The zero-order chi connectivity index (χ0) is 15.3. The molecule has 0 spiro atoms. The number of ether oxygens (including phenoxy) is 1. The highest BCUT2D eigenvalue weighted by atomic mass is 35.5. The van der Waals surface area contributed by atoms with Gasteiger partial charge in [-0.1, -0.05) is 0 Å². The molecule has 1 amide bonds. The van der Waals surface area contributed by atoms with Gasteiger partial charge in [-0.05, 0) is 49.3 Å². The molecular weight excluding hydrogens is 349 g/mol. The predicted molar refractivity (Wildman–Crippen MR) is 101 cm³/mol. The molecule has 3 aliphatic rings. The maximum atomic E-state index is 12.6. The quantitative estimate of drug-likeness (QED) is 0.835. The van der Waals surface area contributed by atoms with Crippen LogP contribution < -0.4 is 20.7 Å². The molecule has 0 aromatic heterocycles. The van der Waals surface area contributed by atoms with Crippen molar-refractivity contribution in [2.24, 2.45) is 23.5 Å². The molecular formula is C17H25Cl2N3O2. The summed E-state index contributed by atoms with van der Waals surface area (Å²) in [5.74, 6) is 1.96. The van der Waals surface area contributed by atoms with Gasteiger partial charge in [-0.15, -0.1) is 24.8 Å². The Kier molecular flexibility index (Phi) is 5.89. The lowest BCUT2D eigenvalue weighted by atomic mass is 9.84. The van der Waals surface area contributed by atoms with Gasteiger partial charge in [0.05, 0.1) is 18.2 Å². The normalized spacial score (nSPS) is 29.8. The first kappa shape index (κ1) is 19.2. The van der Waals surface area contributed by atoms with E-state index in [2.05, 4.69) is 10.2 Å². The number of amides is 1. The minimum absolute atomic E-state index is 0. The second-order valence-electron chi connectivity index (χ2n) is 6.88. The van der Waals surface area contributed by atoms with Crippen LogP contribution in [0.2, 0.25) is 0 Å². The second-order valence-corrected chi connectivity index (χ2v) is 6.88. The molecule has 24 heavy (non-hydrogen) atoms. The van der Waals surface area contributed by atoms with E-state index in [1.54, 1.807) is 0 Å². The van der Waals surface area contributed by atoms with E-state index >= 15 is 0 Å². The maximum absolute atomic E-state index is 12.6. The van der Waals surface area contributed by atoms with Crippen LogP contribution in [0.5, 0.6) is 5.75 Å². The number of likely N-dealkylation sites (N-methyl/N-ethyl adjacent to an activating group) is 1. The van der Waals surface area contributed by atoms with Gasteiger partial charge in [0.25, 0.3) is 0 Å². The average molecular weight is 374 g/mol. The Bertz CT molecular complexity index is 611. The van der Waals surface area contributed by atoms with Crippen LogP contribution in [0.15, 0.2) is 18.2 Å². The number of nitrogens with two attached hydrogens (primary N) is 1. The van der Waals surface area contributed by atoms with Crippen molar-refractivity contribution in [1.29, 1.82) is 0 Å². The molecule has 2 aliphatic carbocycles. The zero-order valence-electron chi connectivity index (χ0n) is 13.7. The van der Waals surface area contributed by atoms with E-state index < -0.39 is 0 Å². The number of nitrogens with one attached hydrogen (secondary N) is 1. The Balaban J connectivity index is 0.00000104. The van der Waals surface area contributed by atoms with Gasteiger partial charge in [-0.2, -0.15) is 0 Å². The molecule has 134 valence electrons. The van der Waals surface area contributed by atoms with Gasteiger partial charge < -0.3 is 20.7 Å². The Morgan fingerprint density at radius 2 is 2.04 bits per heavy atom. The molecule has 5 nitrogen and oxygen atoms in total. The molecule has 1 aromatic carbocycles. The van der Waals surface area contributed by atoms with Crippen molar-refractivity contribution in [2.75, 3.05) is 30.4 Å². The van der Waals surface area contributed by atoms with Crippen LogP contribution in [0.3, 0.4) is 0 Å². The summed E-state index contributed by atoms with van der Waals surface area (Å²) in [5.41, 5.74) is 8.12. The number of hydrogen-bond donors (Lipinski definition) is 2. The van der Waals surface area contributed by atoms with Crippen molar-refractivity contribution in [2.45, 2.75) is 25.3 Å².